The fourth-order valence-corrected chi connectivity index (χ4v) is 5.61. The van der Waals surface area contributed by atoms with Crippen molar-refractivity contribution in [2.75, 3.05) is 57.4 Å². The Kier molecular flexibility index (Phi) is 6.07. The molecule has 0 radical (unpaired) electrons. The van der Waals surface area contributed by atoms with Crippen LogP contribution in [0.2, 0.25) is 5.02 Å². The maximum atomic E-state index is 13.8. The number of morpholine rings is 1. The van der Waals surface area contributed by atoms with E-state index in [1.165, 1.54) is 12.8 Å². The Morgan fingerprint density at radius 1 is 1.08 bits per heavy atom. The van der Waals surface area contributed by atoms with Crippen LogP contribution in [-0.4, -0.2) is 77.2 Å². The molecule has 36 heavy (non-hydrogen) atoms. The lowest BCUT2D eigenvalue weighted by atomic mass is 10.1. The van der Waals surface area contributed by atoms with Crippen molar-refractivity contribution in [3.8, 4) is 0 Å². The van der Waals surface area contributed by atoms with Crippen LogP contribution in [0.4, 0.5) is 5.82 Å². The Morgan fingerprint density at radius 2 is 1.86 bits per heavy atom. The van der Waals surface area contributed by atoms with Gasteiger partial charge < -0.3 is 24.4 Å². The van der Waals surface area contributed by atoms with E-state index in [0.717, 1.165) is 49.6 Å². The molecule has 1 aromatic carbocycles. The highest BCUT2D eigenvalue weighted by Crippen LogP contribution is 2.28. The Hall–Kier alpha value is -3.14. The van der Waals surface area contributed by atoms with Crippen molar-refractivity contribution < 1.29 is 9.53 Å². The zero-order chi connectivity index (χ0) is 24.8. The quantitative estimate of drug-likeness (QED) is 0.446. The lowest BCUT2D eigenvalue weighted by molar-refractivity contribution is 0.0950. The van der Waals surface area contributed by atoms with Crippen LogP contribution in [0.25, 0.3) is 27.7 Å². The van der Waals surface area contributed by atoms with Crippen molar-refractivity contribution in [3.63, 3.8) is 0 Å². The molecular formula is C26H29ClN6O3. The first-order valence-electron chi connectivity index (χ1n) is 12.5. The number of likely N-dealkylation sites (tertiary alicyclic amines) is 1. The Bertz CT molecular complexity index is 1530. The topological polar surface area (TPSA) is 84.1 Å². The van der Waals surface area contributed by atoms with Gasteiger partial charge >= 0.3 is 0 Å². The van der Waals surface area contributed by atoms with Crippen LogP contribution in [-0.2, 0) is 11.8 Å². The smallest absolute Gasteiger partial charge is 0.259 e. The number of ether oxygens (including phenoxy) is 1. The van der Waals surface area contributed by atoms with E-state index in [1.54, 1.807) is 6.07 Å². The minimum Gasteiger partial charge on any atom is -0.378 e. The number of hydrogen-bond acceptors (Lipinski definition) is 6. The van der Waals surface area contributed by atoms with Crippen molar-refractivity contribution in [1.29, 1.82) is 0 Å². The molecule has 0 spiro atoms. The van der Waals surface area contributed by atoms with Crippen molar-refractivity contribution >= 4 is 51.0 Å². The van der Waals surface area contributed by atoms with E-state index in [2.05, 4.69) is 15.1 Å². The molecule has 10 heteroatoms. The highest BCUT2D eigenvalue weighted by Gasteiger charge is 2.25. The molecule has 1 N–H and O–H groups in total. The zero-order valence-corrected chi connectivity index (χ0v) is 21.1. The lowest BCUT2D eigenvalue weighted by Gasteiger charge is -2.28. The molecular weight excluding hydrogens is 480 g/mol. The number of halogens is 1. The zero-order valence-electron chi connectivity index (χ0n) is 20.3. The molecule has 188 valence electrons. The second-order valence-electron chi connectivity index (χ2n) is 9.50. The van der Waals surface area contributed by atoms with Crippen molar-refractivity contribution in [2.45, 2.75) is 12.8 Å². The Balaban J connectivity index is 1.53. The maximum Gasteiger partial charge on any atom is 0.259 e. The summed E-state index contributed by atoms with van der Waals surface area (Å²) in [7, 11) is 1.85. The van der Waals surface area contributed by atoms with Crippen LogP contribution in [0, 0.1) is 0 Å². The first-order chi connectivity index (χ1) is 17.5. The van der Waals surface area contributed by atoms with Crippen molar-refractivity contribution in [2.24, 2.45) is 7.05 Å². The average Bonchev–Trinajstić information content (AvgIpc) is 3.51. The number of hydrogen-bond donors (Lipinski definition) is 1. The molecule has 5 heterocycles. The summed E-state index contributed by atoms with van der Waals surface area (Å²) in [6.45, 7) is 6.13. The number of nitrogens with one attached hydrogen (secondary N) is 1. The summed E-state index contributed by atoms with van der Waals surface area (Å²) in [5.41, 5.74) is 2.50. The summed E-state index contributed by atoms with van der Waals surface area (Å²) in [6, 6.07) is 9.22. The molecule has 6 rings (SSSR count). The Morgan fingerprint density at radius 3 is 2.64 bits per heavy atom. The summed E-state index contributed by atoms with van der Waals surface area (Å²) < 4.78 is 9.27. The molecule has 4 aromatic rings. The molecule has 0 bridgehead atoms. The molecule has 2 fully saturated rings. The fraction of sp³-hybridized carbons (Fsp3) is 0.423. The van der Waals surface area contributed by atoms with Gasteiger partial charge in [-0.2, -0.15) is 0 Å². The van der Waals surface area contributed by atoms with E-state index in [-0.39, 0.29) is 16.9 Å². The van der Waals surface area contributed by atoms with Crippen LogP contribution in [0.15, 0.2) is 35.1 Å². The molecule has 3 aromatic heterocycles. The number of carbonyl (C=O) groups excluding carboxylic acids is 1. The standard InChI is InChI=1S/C26H29ClN6O3/c1-30-20-16-17(27)4-6-19(20)33-24-18(5-7-21(29-24)32-12-14-36-15-13-32)23(34)22(26(30)33)25(35)28-8-11-31-9-2-3-10-31/h4-7,16H,2-3,8-15H2,1H3,(H,28,35). The predicted molar refractivity (Wildman–Crippen MR) is 141 cm³/mol. The van der Waals surface area contributed by atoms with Gasteiger partial charge in [0, 0.05) is 38.2 Å². The molecule has 0 unspecified atom stereocenters. The Labute approximate surface area is 213 Å². The number of rotatable bonds is 5. The van der Waals surface area contributed by atoms with Crippen LogP contribution in [0.3, 0.4) is 0 Å². The fourth-order valence-electron chi connectivity index (χ4n) is 5.44. The van der Waals surface area contributed by atoms with Gasteiger partial charge in [0.15, 0.2) is 5.65 Å². The number of aryl methyl sites for hydroxylation is 1. The van der Waals surface area contributed by atoms with Crippen molar-refractivity contribution in [1.82, 2.24) is 24.2 Å². The lowest BCUT2D eigenvalue weighted by Crippen LogP contribution is -2.37. The van der Waals surface area contributed by atoms with E-state index in [4.69, 9.17) is 21.3 Å². The van der Waals surface area contributed by atoms with Gasteiger partial charge in [0.1, 0.15) is 17.0 Å². The van der Waals surface area contributed by atoms with E-state index < -0.39 is 0 Å². The van der Waals surface area contributed by atoms with Crippen LogP contribution in [0.5, 0.6) is 0 Å². The van der Waals surface area contributed by atoms with Gasteiger partial charge in [0.05, 0.1) is 29.6 Å². The molecule has 9 nitrogen and oxygen atoms in total. The number of anilines is 1. The second-order valence-corrected chi connectivity index (χ2v) is 9.94. The number of aromatic nitrogens is 3. The molecule has 2 aliphatic heterocycles. The first kappa shape index (κ1) is 23.3. The van der Waals surface area contributed by atoms with Gasteiger partial charge in [0.2, 0.25) is 5.43 Å². The SMILES string of the molecule is Cn1c2cc(Cl)ccc2n2c3nc(N4CCOCC4)ccc3c(=O)c(C(=O)NCCN3CCCC3)c12. The highest BCUT2D eigenvalue weighted by atomic mass is 35.5. The number of imidazole rings is 1. The third-order valence-electron chi connectivity index (χ3n) is 7.31. The van der Waals surface area contributed by atoms with Gasteiger partial charge in [-0.05, 0) is 56.3 Å². The van der Waals surface area contributed by atoms with Gasteiger partial charge in [-0.25, -0.2) is 4.98 Å². The number of amides is 1. The van der Waals surface area contributed by atoms with Gasteiger partial charge in [-0.1, -0.05) is 11.6 Å². The third-order valence-corrected chi connectivity index (χ3v) is 7.55. The van der Waals surface area contributed by atoms with Gasteiger partial charge in [-0.15, -0.1) is 0 Å². The number of fused-ring (bicyclic) bond motifs is 5. The van der Waals surface area contributed by atoms with E-state index in [0.29, 0.717) is 41.5 Å². The van der Waals surface area contributed by atoms with E-state index in [1.807, 2.05) is 40.3 Å². The van der Waals surface area contributed by atoms with Crippen LogP contribution in [0.1, 0.15) is 23.2 Å². The van der Waals surface area contributed by atoms with Crippen LogP contribution < -0.4 is 15.6 Å². The molecule has 0 aliphatic carbocycles. The van der Waals surface area contributed by atoms with E-state index >= 15 is 0 Å². The number of carbonyl (C=O) groups is 1. The molecule has 0 saturated carbocycles. The number of nitrogens with zero attached hydrogens (tertiary/aromatic N) is 5. The third kappa shape index (κ3) is 3.91. The second kappa shape index (κ2) is 9.38. The first-order valence-corrected chi connectivity index (χ1v) is 12.9. The summed E-state index contributed by atoms with van der Waals surface area (Å²) in [5, 5.41) is 3.99. The van der Waals surface area contributed by atoms with Crippen molar-refractivity contribution in [3.05, 3.63) is 51.1 Å². The number of pyridine rings is 2. The molecule has 2 aliphatic rings. The predicted octanol–water partition coefficient (Wildman–Crippen LogP) is 2.66. The maximum absolute atomic E-state index is 13.8. The summed E-state index contributed by atoms with van der Waals surface area (Å²) in [6.07, 6.45) is 2.39. The highest BCUT2D eigenvalue weighted by molar-refractivity contribution is 6.31. The average molecular weight is 509 g/mol. The molecule has 0 atom stereocenters. The molecule has 1 amide bonds. The van der Waals surface area contributed by atoms with Crippen LogP contribution >= 0.6 is 11.6 Å². The summed E-state index contributed by atoms with van der Waals surface area (Å²) >= 11 is 6.33. The van der Waals surface area contributed by atoms with Gasteiger partial charge in [0.25, 0.3) is 5.91 Å². The largest absolute Gasteiger partial charge is 0.378 e. The van der Waals surface area contributed by atoms with E-state index in [9.17, 15) is 9.59 Å². The minimum atomic E-state index is -0.368. The normalized spacial score (nSPS) is 17.0. The number of benzene rings is 1. The molecule has 2 saturated heterocycles. The summed E-state index contributed by atoms with van der Waals surface area (Å²) in [4.78, 5) is 36.7. The van der Waals surface area contributed by atoms with Gasteiger partial charge in [-0.3, -0.25) is 14.0 Å². The monoisotopic (exact) mass is 508 g/mol. The minimum absolute atomic E-state index is 0.125. The summed E-state index contributed by atoms with van der Waals surface area (Å²) in [5.74, 6) is 0.417.